The van der Waals surface area contributed by atoms with E-state index >= 15 is 0 Å². The molecule has 0 saturated heterocycles. The van der Waals surface area contributed by atoms with Gasteiger partial charge in [-0.15, -0.1) is 11.3 Å². The molecule has 0 bridgehead atoms. The molecule has 4 rings (SSSR count). The zero-order valence-corrected chi connectivity index (χ0v) is 18.8. The molecule has 0 spiro atoms. The molecule has 1 amide bonds. The molecule has 1 aromatic heterocycles. The molecule has 1 unspecified atom stereocenters. The second kappa shape index (κ2) is 9.27. The highest BCUT2D eigenvalue weighted by atomic mass is 32.2. The first-order valence-corrected chi connectivity index (χ1v) is 12.1. The summed E-state index contributed by atoms with van der Waals surface area (Å²) in [4.78, 5) is 13.6. The van der Waals surface area contributed by atoms with Crippen molar-refractivity contribution >= 4 is 27.3 Å². The number of ether oxygens (including phenoxy) is 2. The number of fused-ring (bicyclic) bond motifs is 1. The van der Waals surface area contributed by atoms with Gasteiger partial charge in [-0.25, -0.2) is 12.8 Å². The van der Waals surface area contributed by atoms with Crippen LogP contribution in [0.5, 0.6) is 11.5 Å². The average molecular weight is 477 g/mol. The largest absolute Gasteiger partial charge is 0.486 e. The third-order valence-electron chi connectivity index (χ3n) is 4.92. The zero-order chi connectivity index (χ0) is 22.7. The Labute approximate surface area is 189 Å². The Bertz CT molecular complexity index is 1200. The number of carbonyl (C=O) groups is 1. The third-order valence-corrected chi connectivity index (χ3v) is 7.66. The fourth-order valence-electron chi connectivity index (χ4n) is 3.29. The summed E-state index contributed by atoms with van der Waals surface area (Å²) in [6, 6.07) is 13.4. The molecule has 2 heterocycles. The number of hydrogen-bond donors (Lipinski definition) is 1. The summed E-state index contributed by atoms with van der Waals surface area (Å²) >= 11 is 1.44. The molecule has 1 aliphatic rings. The number of halogens is 1. The van der Waals surface area contributed by atoms with Crippen LogP contribution in [-0.2, 0) is 14.8 Å². The number of sulfonamides is 1. The minimum absolute atomic E-state index is 0.00499. The van der Waals surface area contributed by atoms with E-state index in [0.29, 0.717) is 30.3 Å². The predicted octanol–water partition coefficient (Wildman–Crippen LogP) is 3.18. The van der Waals surface area contributed by atoms with Crippen molar-refractivity contribution in [1.82, 2.24) is 9.62 Å². The van der Waals surface area contributed by atoms with Crippen molar-refractivity contribution in [3.8, 4) is 11.5 Å². The molecule has 0 fully saturated rings. The van der Waals surface area contributed by atoms with Crippen LogP contribution < -0.4 is 14.8 Å². The van der Waals surface area contributed by atoms with E-state index in [9.17, 15) is 17.6 Å². The van der Waals surface area contributed by atoms with Gasteiger partial charge in [0.25, 0.3) is 0 Å². The average Bonchev–Trinajstić information content (AvgIpc) is 3.32. The molecular weight excluding hydrogens is 455 g/mol. The second-order valence-electron chi connectivity index (χ2n) is 7.13. The van der Waals surface area contributed by atoms with Gasteiger partial charge in [0.1, 0.15) is 19.0 Å². The van der Waals surface area contributed by atoms with Crippen LogP contribution in [0, 0.1) is 5.82 Å². The normalized spacial score (nSPS) is 14.2. The van der Waals surface area contributed by atoms with Gasteiger partial charge in [-0.05, 0) is 41.3 Å². The lowest BCUT2D eigenvalue weighted by Gasteiger charge is -2.22. The Morgan fingerprint density at radius 3 is 2.53 bits per heavy atom. The maximum atomic E-state index is 13.4. The highest BCUT2D eigenvalue weighted by molar-refractivity contribution is 7.89. The first-order chi connectivity index (χ1) is 15.3. The molecule has 1 aliphatic heterocycles. The van der Waals surface area contributed by atoms with Crippen molar-refractivity contribution < 1.29 is 27.1 Å². The number of rotatable bonds is 7. The molecule has 1 atom stereocenters. The Balaban J connectivity index is 1.50. The van der Waals surface area contributed by atoms with Crippen molar-refractivity contribution in [2.75, 3.05) is 26.8 Å². The summed E-state index contributed by atoms with van der Waals surface area (Å²) in [5, 5.41) is 4.73. The van der Waals surface area contributed by atoms with E-state index in [1.807, 2.05) is 17.5 Å². The smallest absolute Gasteiger partial charge is 0.243 e. The number of nitrogens with one attached hydrogen (secondary N) is 1. The molecule has 32 heavy (non-hydrogen) atoms. The van der Waals surface area contributed by atoms with Crippen LogP contribution in [0.1, 0.15) is 16.5 Å². The molecule has 10 heteroatoms. The quantitative estimate of drug-likeness (QED) is 0.566. The monoisotopic (exact) mass is 476 g/mol. The van der Waals surface area contributed by atoms with Crippen molar-refractivity contribution in [3.05, 3.63) is 76.2 Å². The number of nitrogens with zero attached hydrogens (tertiary/aromatic N) is 1. The minimum Gasteiger partial charge on any atom is -0.486 e. The van der Waals surface area contributed by atoms with Gasteiger partial charge in [-0.3, -0.25) is 4.79 Å². The van der Waals surface area contributed by atoms with Gasteiger partial charge in [0, 0.05) is 18.0 Å². The molecule has 2 aromatic carbocycles. The standard InChI is InChI=1S/C22H21FN2O5S2/c1-25(32(27,28)17-8-9-18-19(13-17)30-11-10-29-18)14-21(26)24-22(20-3-2-12-31-20)15-4-6-16(23)7-5-15/h2-9,12-13,22H,10-11,14H2,1H3,(H,24,26). The number of benzene rings is 2. The number of carbonyl (C=O) groups excluding carboxylic acids is 1. The van der Waals surface area contributed by atoms with Crippen LogP contribution in [0.4, 0.5) is 4.39 Å². The van der Waals surface area contributed by atoms with E-state index in [0.717, 1.165) is 9.18 Å². The lowest BCUT2D eigenvalue weighted by molar-refractivity contribution is -0.121. The first kappa shape index (κ1) is 22.3. The molecule has 168 valence electrons. The summed E-state index contributed by atoms with van der Waals surface area (Å²) in [6.07, 6.45) is 0. The van der Waals surface area contributed by atoms with Crippen LogP contribution in [0.3, 0.4) is 0 Å². The predicted molar refractivity (Wildman–Crippen MR) is 118 cm³/mol. The number of thiophene rings is 1. The van der Waals surface area contributed by atoms with Crippen LogP contribution in [0.2, 0.25) is 0 Å². The van der Waals surface area contributed by atoms with Crippen molar-refractivity contribution in [2.24, 2.45) is 0 Å². The summed E-state index contributed by atoms with van der Waals surface area (Å²) in [5.74, 6) is -0.0375. The van der Waals surface area contributed by atoms with Gasteiger partial charge in [0.05, 0.1) is 17.5 Å². The summed E-state index contributed by atoms with van der Waals surface area (Å²) < 4.78 is 51.2. The van der Waals surface area contributed by atoms with Crippen LogP contribution in [0.15, 0.2) is 64.9 Å². The van der Waals surface area contributed by atoms with Gasteiger partial charge in [-0.1, -0.05) is 18.2 Å². The lowest BCUT2D eigenvalue weighted by Crippen LogP contribution is -2.40. The van der Waals surface area contributed by atoms with Crippen molar-refractivity contribution in [3.63, 3.8) is 0 Å². The molecule has 7 nitrogen and oxygen atoms in total. The Hall–Kier alpha value is -2.95. The SMILES string of the molecule is CN(CC(=O)NC(c1ccc(F)cc1)c1cccs1)S(=O)(=O)c1ccc2c(c1)OCCO2. The lowest BCUT2D eigenvalue weighted by atomic mass is 10.1. The maximum absolute atomic E-state index is 13.4. The van der Waals surface area contributed by atoms with E-state index in [1.165, 1.54) is 48.7 Å². The van der Waals surface area contributed by atoms with Crippen LogP contribution >= 0.6 is 11.3 Å². The molecule has 0 radical (unpaired) electrons. The highest BCUT2D eigenvalue weighted by Crippen LogP contribution is 2.33. The minimum atomic E-state index is -3.94. The summed E-state index contributed by atoms with van der Waals surface area (Å²) in [5.41, 5.74) is 0.694. The van der Waals surface area contributed by atoms with Gasteiger partial charge >= 0.3 is 0 Å². The first-order valence-electron chi connectivity index (χ1n) is 9.79. The number of likely N-dealkylation sites (N-methyl/N-ethyl adjacent to an activating group) is 1. The third kappa shape index (κ3) is 4.77. The number of amides is 1. The molecule has 3 aromatic rings. The number of hydrogen-bond acceptors (Lipinski definition) is 6. The Kier molecular flexibility index (Phi) is 6.45. The fourth-order valence-corrected chi connectivity index (χ4v) is 5.23. The summed E-state index contributed by atoms with van der Waals surface area (Å²) in [6.45, 7) is 0.348. The van der Waals surface area contributed by atoms with E-state index in [4.69, 9.17) is 9.47 Å². The van der Waals surface area contributed by atoms with Gasteiger partial charge in [0.15, 0.2) is 11.5 Å². The van der Waals surface area contributed by atoms with Crippen molar-refractivity contribution in [2.45, 2.75) is 10.9 Å². The summed E-state index contributed by atoms with van der Waals surface area (Å²) in [7, 11) is -2.60. The zero-order valence-electron chi connectivity index (χ0n) is 17.2. The van der Waals surface area contributed by atoms with Crippen LogP contribution in [0.25, 0.3) is 0 Å². The highest BCUT2D eigenvalue weighted by Gasteiger charge is 2.27. The van der Waals surface area contributed by atoms with Gasteiger partial charge < -0.3 is 14.8 Å². The Morgan fingerprint density at radius 2 is 1.84 bits per heavy atom. The van der Waals surface area contributed by atoms with E-state index in [2.05, 4.69) is 5.32 Å². The van der Waals surface area contributed by atoms with Crippen LogP contribution in [-0.4, -0.2) is 45.4 Å². The fraction of sp³-hybridized carbons (Fsp3) is 0.227. The topological polar surface area (TPSA) is 84.9 Å². The van der Waals surface area contributed by atoms with E-state index in [-0.39, 0.29) is 17.3 Å². The molecule has 1 N–H and O–H groups in total. The maximum Gasteiger partial charge on any atom is 0.243 e. The van der Waals surface area contributed by atoms with Gasteiger partial charge in [0.2, 0.25) is 15.9 Å². The van der Waals surface area contributed by atoms with E-state index < -0.39 is 22.0 Å². The Morgan fingerprint density at radius 1 is 1.12 bits per heavy atom. The molecule has 0 saturated carbocycles. The molecule has 0 aliphatic carbocycles. The second-order valence-corrected chi connectivity index (χ2v) is 10.2. The van der Waals surface area contributed by atoms with Gasteiger partial charge in [-0.2, -0.15) is 4.31 Å². The van der Waals surface area contributed by atoms with Crippen molar-refractivity contribution in [1.29, 1.82) is 0 Å². The molecular formula is C22H21FN2O5S2. The van der Waals surface area contributed by atoms with E-state index in [1.54, 1.807) is 12.1 Å².